The Morgan fingerprint density at radius 3 is 2.35 bits per heavy atom. The third-order valence-electron chi connectivity index (χ3n) is 4.51. The second kappa shape index (κ2) is 5.26. The van der Waals surface area contributed by atoms with Crippen LogP contribution in [0, 0.1) is 26.7 Å². The number of aromatic nitrogens is 1. The first-order chi connectivity index (χ1) is 8.09. The number of aliphatic hydroxyl groups is 1. The lowest BCUT2D eigenvalue weighted by Gasteiger charge is -2.14. The van der Waals surface area contributed by atoms with Crippen LogP contribution in [0.1, 0.15) is 67.1 Å². The molecule has 0 spiro atoms. The molecule has 1 heterocycles. The van der Waals surface area contributed by atoms with E-state index in [0.717, 1.165) is 18.0 Å². The summed E-state index contributed by atoms with van der Waals surface area (Å²) in [5.41, 5.74) is 4.76. The first kappa shape index (κ1) is 12.7. The normalized spacial score (nSPS) is 18.8. The first-order valence-corrected chi connectivity index (χ1v) is 6.93. The monoisotopic (exact) mass is 235 g/mol. The predicted molar refractivity (Wildman–Crippen MR) is 71.2 cm³/mol. The molecule has 1 aromatic rings. The van der Waals surface area contributed by atoms with Crippen LogP contribution in [-0.2, 0) is 0 Å². The second-order valence-electron chi connectivity index (χ2n) is 5.66. The van der Waals surface area contributed by atoms with Crippen molar-refractivity contribution in [1.29, 1.82) is 0 Å². The summed E-state index contributed by atoms with van der Waals surface area (Å²) in [5, 5.41) is 10.3. The highest BCUT2D eigenvalue weighted by Gasteiger charge is 2.19. The predicted octanol–water partition coefficient (Wildman–Crippen LogP) is 3.94. The topological polar surface area (TPSA) is 36.0 Å². The molecule has 1 aliphatic carbocycles. The Balaban J connectivity index is 1.94. The van der Waals surface area contributed by atoms with Gasteiger partial charge in [0.15, 0.2) is 0 Å². The Bertz CT molecular complexity index is 375. The van der Waals surface area contributed by atoms with Crippen molar-refractivity contribution in [1.82, 2.24) is 4.98 Å². The number of aryl methyl sites for hydroxylation is 1. The lowest BCUT2D eigenvalue weighted by atomic mass is 9.97. The fourth-order valence-corrected chi connectivity index (χ4v) is 3.04. The Labute approximate surface area is 104 Å². The SMILES string of the molecule is Cc1[nH]c(C(O)CCC2CCCC2)c(C)c1C. The van der Waals surface area contributed by atoms with Gasteiger partial charge in [0, 0.05) is 11.4 Å². The summed E-state index contributed by atoms with van der Waals surface area (Å²) in [6.07, 6.45) is 7.30. The summed E-state index contributed by atoms with van der Waals surface area (Å²) in [7, 11) is 0. The summed E-state index contributed by atoms with van der Waals surface area (Å²) in [5.74, 6) is 0.863. The quantitative estimate of drug-likeness (QED) is 0.814. The van der Waals surface area contributed by atoms with Gasteiger partial charge in [0.1, 0.15) is 0 Å². The molecule has 1 aromatic heterocycles. The van der Waals surface area contributed by atoms with E-state index in [-0.39, 0.29) is 6.10 Å². The van der Waals surface area contributed by atoms with Gasteiger partial charge < -0.3 is 10.1 Å². The van der Waals surface area contributed by atoms with Crippen LogP contribution >= 0.6 is 0 Å². The molecule has 96 valence electrons. The van der Waals surface area contributed by atoms with E-state index in [1.807, 2.05) is 0 Å². The summed E-state index contributed by atoms with van der Waals surface area (Å²) in [6, 6.07) is 0. The standard InChI is InChI=1S/C15H25NO/c1-10-11(2)15(16-12(10)3)14(17)9-8-13-6-4-5-7-13/h13-14,16-17H,4-9H2,1-3H3. The molecule has 2 rings (SSSR count). The van der Waals surface area contributed by atoms with Crippen LogP contribution in [-0.4, -0.2) is 10.1 Å². The number of nitrogens with one attached hydrogen (secondary N) is 1. The molecule has 0 radical (unpaired) electrons. The minimum absolute atomic E-state index is 0.303. The van der Waals surface area contributed by atoms with Crippen molar-refractivity contribution < 1.29 is 5.11 Å². The zero-order valence-corrected chi connectivity index (χ0v) is 11.3. The van der Waals surface area contributed by atoms with E-state index < -0.39 is 0 Å². The molecule has 2 N–H and O–H groups in total. The van der Waals surface area contributed by atoms with Crippen molar-refractivity contribution in [3.05, 3.63) is 22.5 Å². The molecule has 2 nitrogen and oxygen atoms in total. The summed E-state index contributed by atoms with van der Waals surface area (Å²) in [4.78, 5) is 3.34. The Morgan fingerprint density at radius 2 is 1.82 bits per heavy atom. The highest BCUT2D eigenvalue weighted by atomic mass is 16.3. The highest BCUT2D eigenvalue weighted by Crippen LogP contribution is 2.32. The molecule has 0 aromatic carbocycles. The van der Waals surface area contributed by atoms with Gasteiger partial charge in [-0.05, 0) is 50.7 Å². The Morgan fingerprint density at radius 1 is 1.18 bits per heavy atom. The number of H-pyrrole nitrogens is 1. The summed E-state index contributed by atoms with van der Waals surface area (Å²) >= 11 is 0. The van der Waals surface area contributed by atoms with E-state index in [4.69, 9.17) is 0 Å². The molecule has 0 aliphatic heterocycles. The van der Waals surface area contributed by atoms with E-state index in [0.29, 0.717) is 0 Å². The molecule has 1 atom stereocenters. The molecule has 1 saturated carbocycles. The number of aliphatic hydroxyl groups excluding tert-OH is 1. The lowest BCUT2D eigenvalue weighted by Crippen LogP contribution is -2.03. The van der Waals surface area contributed by atoms with Crippen LogP contribution in [0.15, 0.2) is 0 Å². The summed E-state index contributed by atoms with van der Waals surface area (Å²) in [6.45, 7) is 6.30. The molecule has 2 heteroatoms. The minimum atomic E-state index is -0.303. The third kappa shape index (κ3) is 2.74. The maximum atomic E-state index is 10.3. The molecule has 17 heavy (non-hydrogen) atoms. The average Bonchev–Trinajstić information content (AvgIpc) is 2.91. The minimum Gasteiger partial charge on any atom is -0.387 e. The summed E-state index contributed by atoms with van der Waals surface area (Å²) < 4.78 is 0. The van der Waals surface area contributed by atoms with Crippen molar-refractivity contribution in [2.24, 2.45) is 5.92 Å². The van der Waals surface area contributed by atoms with Gasteiger partial charge in [0.25, 0.3) is 0 Å². The van der Waals surface area contributed by atoms with Gasteiger partial charge in [0.2, 0.25) is 0 Å². The largest absolute Gasteiger partial charge is 0.387 e. The van der Waals surface area contributed by atoms with E-state index in [1.54, 1.807) is 0 Å². The zero-order valence-electron chi connectivity index (χ0n) is 11.3. The average molecular weight is 235 g/mol. The molecule has 0 amide bonds. The molecular weight excluding hydrogens is 210 g/mol. The van der Waals surface area contributed by atoms with Crippen LogP contribution in [0.2, 0.25) is 0 Å². The highest BCUT2D eigenvalue weighted by molar-refractivity contribution is 5.35. The fraction of sp³-hybridized carbons (Fsp3) is 0.733. The van der Waals surface area contributed by atoms with Gasteiger partial charge in [0.05, 0.1) is 6.10 Å². The third-order valence-corrected chi connectivity index (χ3v) is 4.51. The molecule has 0 bridgehead atoms. The Kier molecular flexibility index (Phi) is 3.93. The van der Waals surface area contributed by atoms with Gasteiger partial charge in [-0.1, -0.05) is 25.7 Å². The van der Waals surface area contributed by atoms with Crippen LogP contribution in [0.5, 0.6) is 0 Å². The van der Waals surface area contributed by atoms with Gasteiger partial charge in [-0.15, -0.1) is 0 Å². The number of hydrogen-bond acceptors (Lipinski definition) is 1. The maximum Gasteiger partial charge on any atom is 0.0940 e. The smallest absolute Gasteiger partial charge is 0.0940 e. The number of rotatable bonds is 4. The van der Waals surface area contributed by atoms with E-state index >= 15 is 0 Å². The second-order valence-corrected chi connectivity index (χ2v) is 5.66. The van der Waals surface area contributed by atoms with E-state index in [2.05, 4.69) is 25.8 Å². The van der Waals surface area contributed by atoms with Gasteiger partial charge in [-0.3, -0.25) is 0 Å². The van der Waals surface area contributed by atoms with Crippen molar-refractivity contribution in [3.63, 3.8) is 0 Å². The van der Waals surface area contributed by atoms with Crippen LogP contribution < -0.4 is 0 Å². The van der Waals surface area contributed by atoms with Crippen molar-refractivity contribution >= 4 is 0 Å². The molecule has 1 unspecified atom stereocenters. The van der Waals surface area contributed by atoms with Crippen molar-refractivity contribution in [3.8, 4) is 0 Å². The van der Waals surface area contributed by atoms with Crippen LogP contribution in [0.4, 0.5) is 0 Å². The fourth-order valence-electron chi connectivity index (χ4n) is 3.04. The molecular formula is C15H25NO. The molecule has 1 aliphatic rings. The number of aromatic amines is 1. The zero-order chi connectivity index (χ0) is 12.4. The molecule has 1 fully saturated rings. The van der Waals surface area contributed by atoms with Crippen molar-refractivity contribution in [2.75, 3.05) is 0 Å². The van der Waals surface area contributed by atoms with Crippen LogP contribution in [0.25, 0.3) is 0 Å². The van der Waals surface area contributed by atoms with Crippen molar-refractivity contribution in [2.45, 2.75) is 65.4 Å². The van der Waals surface area contributed by atoms with Gasteiger partial charge >= 0.3 is 0 Å². The lowest BCUT2D eigenvalue weighted by molar-refractivity contribution is 0.152. The van der Waals surface area contributed by atoms with Gasteiger partial charge in [-0.25, -0.2) is 0 Å². The Hall–Kier alpha value is -0.760. The first-order valence-electron chi connectivity index (χ1n) is 6.93. The molecule has 0 saturated heterocycles. The van der Waals surface area contributed by atoms with Crippen LogP contribution in [0.3, 0.4) is 0 Å². The van der Waals surface area contributed by atoms with Gasteiger partial charge in [-0.2, -0.15) is 0 Å². The van der Waals surface area contributed by atoms with E-state index in [1.165, 1.54) is 48.9 Å². The number of hydrogen-bond donors (Lipinski definition) is 2. The van der Waals surface area contributed by atoms with E-state index in [9.17, 15) is 5.11 Å². The maximum absolute atomic E-state index is 10.3.